The highest BCUT2D eigenvalue weighted by Gasteiger charge is 2.46. The van der Waals surface area contributed by atoms with Gasteiger partial charge in [-0.3, -0.25) is 4.79 Å². The number of carboxylic acids is 1. The molecule has 0 amide bonds. The third-order valence-corrected chi connectivity index (χ3v) is 5.30. The van der Waals surface area contributed by atoms with Crippen molar-refractivity contribution in [1.82, 2.24) is 4.31 Å². The molecule has 19 heavy (non-hydrogen) atoms. The highest BCUT2D eigenvalue weighted by molar-refractivity contribution is 7.89. The molecule has 0 aromatic carbocycles. The zero-order valence-corrected chi connectivity index (χ0v) is 12.6. The highest BCUT2D eigenvalue weighted by atomic mass is 32.2. The van der Waals surface area contributed by atoms with Gasteiger partial charge >= 0.3 is 5.97 Å². The van der Waals surface area contributed by atoms with Crippen molar-refractivity contribution in [2.45, 2.75) is 39.7 Å². The fourth-order valence-electron chi connectivity index (χ4n) is 2.53. The van der Waals surface area contributed by atoms with E-state index in [0.29, 0.717) is 19.4 Å². The molecule has 7 heteroatoms. The molecule has 0 aliphatic carbocycles. The third kappa shape index (κ3) is 3.90. The predicted octanol–water partition coefficient (Wildman–Crippen LogP) is 0.928. The normalized spacial score (nSPS) is 24.3. The lowest BCUT2D eigenvalue weighted by Gasteiger charge is -2.43. The van der Waals surface area contributed by atoms with Crippen LogP contribution in [0.5, 0.6) is 0 Å². The van der Waals surface area contributed by atoms with Gasteiger partial charge in [-0.05, 0) is 25.2 Å². The van der Waals surface area contributed by atoms with Crippen LogP contribution in [0, 0.1) is 5.41 Å². The van der Waals surface area contributed by atoms with E-state index < -0.39 is 27.4 Å². The van der Waals surface area contributed by atoms with E-state index in [1.165, 1.54) is 0 Å². The Balaban J connectivity index is 2.92. The molecular weight excluding hydrogens is 270 g/mol. The smallest absolute Gasteiger partial charge is 0.322 e. The molecule has 1 unspecified atom stereocenters. The van der Waals surface area contributed by atoms with Crippen molar-refractivity contribution >= 4 is 16.0 Å². The van der Waals surface area contributed by atoms with E-state index in [9.17, 15) is 18.3 Å². The van der Waals surface area contributed by atoms with E-state index in [0.717, 1.165) is 4.31 Å². The van der Waals surface area contributed by atoms with Gasteiger partial charge in [-0.15, -0.1) is 0 Å². The SMILES string of the molecule is CCOCCS(=O)(=O)N1CCCC(C)(C)C1C(=O)O. The van der Waals surface area contributed by atoms with Crippen LogP contribution in [0.15, 0.2) is 0 Å². The topological polar surface area (TPSA) is 83.9 Å². The zero-order chi connectivity index (χ0) is 14.7. The average Bonchev–Trinajstić information content (AvgIpc) is 2.27. The van der Waals surface area contributed by atoms with Gasteiger partial charge in [0.15, 0.2) is 0 Å². The molecule has 1 heterocycles. The predicted molar refractivity (Wildman–Crippen MR) is 71.4 cm³/mol. The molecule has 1 N–H and O–H groups in total. The molecule has 6 nitrogen and oxygen atoms in total. The number of carboxylic acid groups (broad SMARTS) is 1. The lowest BCUT2D eigenvalue weighted by Crippen LogP contribution is -2.56. The molecule has 112 valence electrons. The third-order valence-electron chi connectivity index (χ3n) is 3.51. The van der Waals surface area contributed by atoms with Gasteiger partial charge in [-0.2, -0.15) is 4.31 Å². The van der Waals surface area contributed by atoms with Crippen molar-refractivity contribution in [3.8, 4) is 0 Å². The van der Waals surface area contributed by atoms with Crippen LogP contribution in [0.2, 0.25) is 0 Å². The van der Waals surface area contributed by atoms with E-state index >= 15 is 0 Å². The first kappa shape index (κ1) is 16.4. The van der Waals surface area contributed by atoms with Crippen molar-refractivity contribution in [1.29, 1.82) is 0 Å². The Morgan fingerprint density at radius 2 is 2.11 bits per heavy atom. The van der Waals surface area contributed by atoms with Gasteiger partial charge in [0.05, 0.1) is 12.4 Å². The van der Waals surface area contributed by atoms with Crippen LogP contribution in [-0.4, -0.2) is 55.4 Å². The number of sulfonamides is 1. The van der Waals surface area contributed by atoms with Gasteiger partial charge in [0.2, 0.25) is 10.0 Å². The molecule has 0 radical (unpaired) electrons. The Bertz CT molecular complexity index is 418. The number of piperidine rings is 1. The number of hydrogen-bond donors (Lipinski definition) is 1. The summed E-state index contributed by atoms with van der Waals surface area (Å²) in [5.41, 5.74) is -0.553. The number of rotatable bonds is 6. The first-order chi connectivity index (χ1) is 8.72. The van der Waals surface area contributed by atoms with Crippen LogP contribution in [0.1, 0.15) is 33.6 Å². The Labute approximate surface area is 114 Å². The summed E-state index contributed by atoms with van der Waals surface area (Å²) in [5.74, 6) is -1.24. The fraction of sp³-hybridized carbons (Fsp3) is 0.917. The Morgan fingerprint density at radius 3 is 2.63 bits per heavy atom. The van der Waals surface area contributed by atoms with Crippen molar-refractivity contribution in [3.63, 3.8) is 0 Å². The fourth-order valence-corrected chi connectivity index (χ4v) is 4.20. The second-order valence-corrected chi connectivity index (χ2v) is 7.50. The maximum absolute atomic E-state index is 12.2. The molecule has 0 spiro atoms. The maximum atomic E-state index is 12.2. The molecule has 1 aliphatic heterocycles. The first-order valence-corrected chi connectivity index (χ1v) is 8.13. The molecule has 0 aromatic heterocycles. The lowest BCUT2D eigenvalue weighted by atomic mass is 9.77. The number of aliphatic carboxylic acids is 1. The first-order valence-electron chi connectivity index (χ1n) is 6.52. The maximum Gasteiger partial charge on any atom is 0.322 e. The standard InChI is InChI=1S/C12H23NO5S/c1-4-18-8-9-19(16,17)13-7-5-6-12(2,3)10(13)11(14)15/h10H,4-9H2,1-3H3,(H,14,15). The lowest BCUT2D eigenvalue weighted by molar-refractivity contribution is -0.147. The van der Waals surface area contributed by atoms with Gasteiger partial charge in [-0.1, -0.05) is 13.8 Å². The number of ether oxygens (including phenoxy) is 1. The van der Waals surface area contributed by atoms with Crippen molar-refractivity contribution in [2.24, 2.45) is 5.41 Å². The van der Waals surface area contributed by atoms with Gasteiger partial charge < -0.3 is 9.84 Å². The summed E-state index contributed by atoms with van der Waals surface area (Å²) >= 11 is 0. The summed E-state index contributed by atoms with van der Waals surface area (Å²) in [4.78, 5) is 11.4. The van der Waals surface area contributed by atoms with E-state index in [4.69, 9.17) is 4.74 Å². The largest absolute Gasteiger partial charge is 0.480 e. The second kappa shape index (κ2) is 6.19. The summed E-state index contributed by atoms with van der Waals surface area (Å²) < 4.78 is 30.7. The monoisotopic (exact) mass is 293 g/mol. The molecule has 0 saturated carbocycles. The second-order valence-electron chi connectivity index (χ2n) is 5.46. The number of carbonyl (C=O) groups is 1. The van der Waals surface area contributed by atoms with Crippen molar-refractivity contribution < 1.29 is 23.1 Å². The van der Waals surface area contributed by atoms with Gasteiger partial charge in [-0.25, -0.2) is 8.42 Å². The Morgan fingerprint density at radius 1 is 1.47 bits per heavy atom. The van der Waals surface area contributed by atoms with Crippen molar-refractivity contribution in [3.05, 3.63) is 0 Å². The molecule has 0 aromatic rings. The average molecular weight is 293 g/mol. The van der Waals surface area contributed by atoms with Gasteiger partial charge in [0.25, 0.3) is 0 Å². The van der Waals surface area contributed by atoms with Crippen LogP contribution in [0.25, 0.3) is 0 Å². The Kier molecular flexibility index (Phi) is 5.34. The van der Waals surface area contributed by atoms with Crippen LogP contribution in [-0.2, 0) is 19.6 Å². The minimum atomic E-state index is -3.59. The molecule has 1 rings (SSSR count). The zero-order valence-electron chi connectivity index (χ0n) is 11.8. The quantitative estimate of drug-likeness (QED) is 0.736. The van der Waals surface area contributed by atoms with Crippen molar-refractivity contribution in [2.75, 3.05) is 25.5 Å². The number of hydrogen-bond acceptors (Lipinski definition) is 4. The molecule has 0 bridgehead atoms. The molecule has 1 aliphatic rings. The minimum absolute atomic E-state index is 0.0993. The minimum Gasteiger partial charge on any atom is -0.480 e. The van der Waals surface area contributed by atoms with E-state index in [1.54, 1.807) is 20.8 Å². The summed E-state index contributed by atoms with van der Waals surface area (Å²) in [6.07, 6.45) is 1.39. The summed E-state index contributed by atoms with van der Waals surface area (Å²) in [6.45, 7) is 6.21. The van der Waals surface area contributed by atoms with E-state index in [-0.39, 0.29) is 18.9 Å². The molecule has 1 fully saturated rings. The van der Waals surface area contributed by atoms with E-state index in [1.807, 2.05) is 0 Å². The molecular formula is C12H23NO5S. The number of nitrogens with zero attached hydrogens (tertiary/aromatic N) is 1. The van der Waals surface area contributed by atoms with Crippen LogP contribution >= 0.6 is 0 Å². The van der Waals surface area contributed by atoms with E-state index in [2.05, 4.69) is 0 Å². The van der Waals surface area contributed by atoms with Crippen LogP contribution < -0.4 is 0 Å². The van der Waals surface area contributed by atoms with Gasteiger partial charge in [0.1, 0.15) is 6.04 Å². The van der Waals surface area contributed by atoms with Crippen LogP contribution in [0.4, 0.5) is 0 Å². The highest BCUT2D eigenvalue weighted by Crippen LogP contribution is 2.36. The summed E-state index contributed by atoms with van der Waals surface area (Å²) in [5, 5.41) is 9.34. The summed E-state index contributed by atoms with van der Waals surface area (Å²) in [7, 11) is -3.59. The molecule has 1 atom stereocenters. The van der Waals surface area contributed by atoms with Gasteiger partial charge in [0, 0.05) is 13.2 Å². The summed E-state index contributed by atoms with van der Waals surface area (Å²) in [6, 6.07) is -0.993. The van der Waals surface area contributed by atoms with Crippen LogP contribution in [0.3, 0.4) is 0 Å². The Hall–Kier alpha value is -0.660. The molecule has 1 saturated heterocycles.